The summed E-state index contributed by atoms with van der Waals surface area (Å²) in [5, 5.41) is 2.89. The summed E-state index contributed by atoms with van der Waals surface area (Å²) in [7, 11) is 0. The number of benzene rings is 2. The number of amides is 1. The SMILES string of the molecule is CC[C@H](CNC(=O)[C@H](C)OC(=O)c1ccc(COC(C)C)cc1)c1ccccc1. The lowest BCUT2D eigenvalue weighted by Gasteiger charge is -2.18. The molecule has 156 valence electrons. The Labute approximate surface area is 173 Å². The maximum Gasteiger partial charge on any atom is 0.338 e. The van der Waals surface area contributed by atoms with Crippen LogP contribution in [0.4, 0.5) is 0 Å². The molecule has 5 nitrogen and oxygen atoms in total. The molecule has 0 aliphatic heterocycles. The van der Waals surface area contributed by atoms with Gasteiger partial charge in [-0.05, 0) is 50.5 Å². The molecular formula is C24H31NO4. The normalized spacial score (nSPS) is 13.0. The third-order valence-electron chi connectivity index (χ3n) is 4.71. The monoisotopic (exact) mass is 397 g/mol. The summed E-state index contributed by atoms with van der Waals surface area (Å²) in [6, 6.07) is 17.1. The highest BCUT2D eigenvalue weighted by Crippen LogP contribution is 2.18. The van der Waals surface area contributed by atoms with Gasteiger partial charge < -0.3 is 14.8 Å². The van der Waals surface area contributed by atoms with E-state index in [9.17, 15) is 9.59 Å². The fourth-order valence-electron chi connectivity index (χ4n) is 2.87. The van der Waals surface area contributed by atoms with Crippen LogP contribution in [-0.4, -0.2) is 30.6 Å². The summed E-state index contributed by atoms with van der Waals surface area (Å²) >= 11 is 0. The standard InChI is InChI=1S/C24H31NO4/c1-5-20(21-9-7-6-8-10-21)15-25-23(26)18(4)29-24(27)22-13-11-19(12-14-22)16-28-17(2)3/h6-14,17-18,20H,5,15-16H2,1-4H3,(H,25,26)/t18-,20+/m0/s1. The minimum atomic E-state index is -0.861. The molecule has 0 saturated heterocycles. The second kappa shape index (κ2) is 11.4. The van der Waals surface area contributed by atoms with Gasteiger partial charge in [0.2, 0.25) is 0 Å². The molecule has 0 spiro atoms. The number of hydrogen-bond acceptors (Lipinski definition) is 4. The molecule has 0 aromatic heterocycles. The van der Waals surface area contributed by atoms with E-state index in [1.807, 2.05) is 44.2 Å². The Hall–Kier alpha value is -2.66. The molecule has 0 unspecified atom stereocenters. The van der Waals surface area contributed by atoms with E-state index in [-0.39, 0.29) is 17.9 Å². The molecule has 2 aromatic rings. The van der Waals surface area contributed by atoms with E-state index in [0.717, 1.165) is 12.0 Å². The molecule has 0 heterocycles. The van der Waals surface area contributed by atoms with E-state index < -0.39 is 12.1 Å². The first kappa shape index (κ1) is 22.6. The van der Waals surface area contributed by atoms with Gasteiger partial charge in [-0.1, -0.05) is 49.4 Å². The molecule has 2 aromatic carbocycles. The molecule has 1 amide bonds. The van der Waals surface area contributed by atoms with Crippen molar-refractivity contribution in [1.29, 1.82) is 0 Å². The minimum Gasteiger partial charge on any atom is -0.449 e. The zero-order chi connectivity index (χ0) is 21.2. The number of esters is 1. The molecule has 0 bridgehead atoms. The lowest BCUT2D eigenvalue weighted by atomic mass is 9.96. The van der Waals surface area contributed by atoms with E-state index in [1.165, 1.54) is 5.56 Å². The fraction of sp³-hybridized carbons (Fsp3) is 0.417. The van der Waals surface area contributed by atoms with Crippen LogP contribution in [-0.2, 0) is 20.9 Å². The van der Waals surface area contributed by atoms with Gasteiger partial charge >= 0.3 is 5.97 Å². The first-order valence-corrected chi connectivity index (χ1v) is 10.1. The number of carbonyl (C=O) groups is 2. The highest BCUT2D eigenvalue weighted by atomic mass is 16.5. The topological polar surface area (TPSA) is 64.6 Å². The molecule has 0 aliphatic carbocycles. The predicted octanol–water partition coefficient (Wildman–Crippen LogP) is 4.47. The average Bonchev–Trinajstić information content (AvgIpc) is 2.73. The Bertz CT molecular complexity index is 771. The summed E-state index contributed by atoms with van der Waals surface area (Å²) in [4.78, 5) is 24.7. The second-order valence-electron chi connectivity index (χ2n) is 7.37. The quantitative estimate of drug-likeness (QED) is 0.601. The van der Waals surface area contributed by atoms with Gasteiger partial charge in [0.05, 0.1) is 18.3 Å². The van der Waals surface area contributed by atoms with E-state index in [1.54, 1.807) is 19.1 Å². The molecule has 0 radical (unpaired) electrons. The molecular weight excluding hydrogens is 366 g/mol. The number of ether oxygens (including phenoxy) is 2. The van der Waals surface area contributed by atoms with Crippen molar-refractivity contribution in [2.45, 2.75) is 58.8 Å². The lowest BCUT2D eigenvalue weighted by molar-refractivity contribution is -0.129. The number of carbonyl (C=O) groups excluding carboxylic acids is 2. The summed E-state index contributed by atoms with van der Waals surface area (Å²) in [6.07, 6.45) is 0.193. The predicted molar refractivity (Wildman–Crippen MR) is 114 cm³/mol. The van der Waals surface area contributed by atoms with Crippen LogP contribution in [0.15, 0.2) is 54.6 Å². The van der Waals surface area contributed by atoms with E-state index in [0.29, 0.717) is 18.7 Å². The van der Waals surface area contributed by atoms with Gasteiger partial charge in [0.25, 0.3) is 5.91 Å². The summed E-state index contributed by atoms with van der Waals surface area (Å²) in [5.41, 5.74) is 2.57. The minimum absolute atomic E-state index is 0.146. The Morgan fingerprint density at radius 1 is 0.966 bits per heavy atom. The van der Waals surface area contributed by atoms with Gasteiger partial charge in [-0.2, -0.15) is 0 Å². The first-order valence-electron chi connectivity index (χ1n) is 10.1. The molecule has 29 heavy (non-hydrogen) atoms. The van der Waals surface area contributed by atoms with Crippen molar-refractivity contribution >= 4 is 11.9 Å². The van der Waals surface area contributed by atoms with Crippen LogP contribution in [0.1, 0.15) is 61.5 Å². The van der Waals surface area contributed by atoms with Crippen LogP contribution in [0.3, 0.4) is 0 Å². The third-order valence-corrected chi connectivity index (χ3v) is 4.71. The number of rotatable bonds is 10. The molecule has 2 atom stereocenters. The Morgan fingerprint density at radius 2 is 1.62 bits per heavy atom. The van der Waals surface area contributed by atoms with Crippen molar-refractivity contribution in [3.63, 3.8) is 0 Å². The Morgan fingerprint density at radius 3 is 2.21 bits per heavy atom. The van der Waals surface area contributed by atoms with Crippen molar-refractivity contribution < 1.29 is 19.1 Å². The molecule has 5 heteroatoms. The molecule has 0 aliphatic rings. The van der Waals surface area contributed by atoms with Crippen LogP contribution >= 0.6 is 0 Å². The first-order chi connectivity index (χ1) is 13.9. The van der Waals surface area contributed by atoms with Crippen molar-refractivity contribution in [3.05, 3.63) is 71.3 Å². The molecule has 2 rings (SSSR count). The van der Waals surface area contributed by atoms with Gasteiger partial charge in [0.1, 0.15) is 0 Å². The third kappa shape index (κ3) is 7.35. The maximum absolute atomic E-state index is 12.4. The zero-order valence-electron chi connectivity index (χ0n) is 17.7. The average molecular weight is 398 g/mol. The van der Waals surface area contributed by atoms with Crippen LogP contribution in [0.25, 0.3) is 0 Å². The van der Waals surface area contributed by atoms with Gasteiger partial charge in [0, 0.05) is 12.5 Å². The highest BCUT2D eigenvalue weighted by Gasteiger charge is 2.20. The maximum atomic E-state index is 12.4. The Balaban J connectivity index is 1.84. The van der Waals surface area contributed by atoms with E-state index in [2.05, 4.69) is 24.4 Å². The van der Waals surface area contributed by atoms with E-state index >= 15 is 0 Å². The molecule has 0 fully saturated rings. The fourth-order valence-corrected chi connectivity index (χ4v) is 2.87. The number of nitrogens with one attached hydrogen (secondary N) is 1. The van der Waals surface area contributed by atoms with Crippen molar-refractivity contribution in [2.75, 3.05) is 6.54 Å². The van der Waals surface area contributed by atoms with Crippen LogP contribution < -0.4 is 5.32 Å². The van der Waals surface area contributed by atoms with Gasteiger partial charge in [-0.25, -0.2) is 4.79 Å². The molecule has 1 N–H and O–H groups in total. The second-order valence-corrected chi connectivity index (χ2v) is 7.37. The van der Waals surface area contributed by atoms with Crippen molar-refractivity contribution in [2.24, 2.45) is 0 Å². The summed E-state index contributed by atoms with van der Waals surface area (Å²) in [6.45, 7) is 8.61. The zero-order valence-corrected chi connectivity index (χ0v) is 17.7. The van der Waals surface area contributed by atoms with Gasteiger partial charge in [-0.15, -0.1) is 0 Å². The van der Waals surface area contributed by atoms with Crippen LogP contribution in [0.2, 0.25) is 0 Å². The Kier molecular flexibility index (Phi) is 8.87. The largest absolute Gasteiger partial charge is 0.449 e. The van der Waals surface area contributed by atoms with Gasteiger partial charge in [-0.3, -0.25) is 4.79 Å². The summed E-state index contributed by atoms with van der Waals surface area (Å²) < 4.78 is 10.9. The van der Waals surface area contributed by atoms with Crippen molar-refractivity contribution in [1.82, 2.24) is 5.32 Å². The molecule has 0 saturated carbocycles. The van der Waals surface area contributed by atoms with Crippen molar-refractivity contribution in [3.8, 4) is 0 Å². The lowest BCUT2D eigenvalue weighted by Crippen LogP contribution is -2.38. The van der Waals surface area contributed by atoms with Crippen LogP contribution in [0.5, 0.6) is 0 Å². The summed E-state index contributed by atoms with van der Waals surface area (Å²) in [5.74, 6) is -0.586. The smallest absolute Gasteiger partial charge is 0.338 e. The van der Waals surface area contributed by atoms with Gasteiger partial charge in [0.15, 0.2) is 6.10 Å². The van der Waals surface area contributed by atoms with Crippen LogP contribution in [0, 0.1) is 0 Å². The highest BCUT2D eigenvalue weighted by molar-refractivity contribution is 5.92. The number of hydrogen-bond donors (Lipinski definition) is 1. The van der Waals surface area contributed by atoms with E-state index in [4.69, 9.17) is 9.47 Å².